The van der Waals surface area contributed by atoms with Crippen molar-refractivity contribution in [3.8, 4) is 11.1 Å². The summed E-state index contributed by atoms with van der Waals surface area (Å²) >= 11 is 0. The second-order valence-electron chi connectivity index (χ2n) is 22.8. The molecule has 4 heterocycles. The molecule has 0 bridgehead atoms. The molecule has 99 heavy (non-hydrogen) atoms. The molecule has 0 radical (unpaired) electrons. The van der Waals surface area contributed by atoms with Gasteiger partial charge in [0.25, 0.3) is 0 Å². The highest BCUT2D eigenvalue weighted by Crippen LogP contribution is 2.38. The minimum Gasteiger partial charge on any atom is -0.344 e. The van der Waals surface area contributed by atoms with Crippen molar-refractivity contribution in [3.63, 3.8) is 0 Å². The fraction of sp³-hybridized carbons (Fsp3) is 0.191. The van der Waals surface area contributed by atoms with Crippen LogP contribution in [0.4, 0.5) is 0 Å². The van der Waals surface area contributed by atoms with Crippen LogP contribution >= 0.6 is 0 Å². The Morgan fingerprint density at radius 1 is 0.535 bits per heavy atom. The molecular formula is C94H103N5. The predicted molar refractivity (Wildman–Crippen MR) is 438 cm³/mol. The van der Waals surface area contributed by atoms with E-state index in [1.165, 1.54) is 115 Å². The Labute approximate surface area is 591 Å². The van der Waals surface area contributed by atoms with Gasteiger partial charge in [0.05, 0.1) is 16.1 Å². The standard InChI is InChI=1S/C14H11N.C14H15N.C13H11N.C13H10.2C13H16.C8H6N2.3C2H6/c1-2-15-13-9-5-3-7-11(13)12-8-4-6-10-14(12)15;1-4-8-13-11(3)12-9-6-7-10-14(12)15(13)5-2;1-14-12-8-4-2-6-10(12)11-7-3-5-9-13(11)14;1-3-7-12-10(5-1)9-11-6-2-4-8-13(11)12;2*1-5-7-12-9-10(3)13(8-6-2)11(12)4;1-2-4-8-7(3-1)5-9-6-10-8;3*1-2/h3,5-7,9-10H,2H2,1H3;4,6-10H,1,3,5H2,2H3;2-9H,1H3;1-8H,9H2;5-8H,2-3,9H2,1,4H3;5-8H,1,4,9H2,2-3H3;1-6H;3*1-2H3/b;13-8+;;;7-5-,13-8+;8-6-,12-7-;;;;. The Balaban J connectivity index is 0.000000180. The van der Waals surface area contributed by atoms with Crippen LogP contribution in [0.1, 0.15) is 107 Å². The average molecular weight is 1300 g/mol. The van der Waals surface area contributed by atoms with Crippen molar-refractivity contribution in [2.75, 3.05) is 0 Å². The number of allylic oxidation sites excluding steroid dienone is 18. The van der Waals surface area contributed by atoms with E-state index in [9.17, 15) is 0 Å². The van der Waals surface area contributed by atoms with Gasteiger partial charge >= 0.3 is 0 Å². The molecule has 0 amide bonds. The number of para-hydroxylation sites is 5. The monoisotopic (exact) mass is 1300 g/mol. The fourth-order valence-electron chi connectivity index (χ4n) is 12.6. The zero-order valence-corrected chi connectivity index (χ0v) is 61.3. The molecule has 0 fully saturated rings. The summed E-state index contributed by atoms with van der Waals surface area (Å²) in [6, 6.07) is 59.1. The molecule has 0 saturated heterocycles. The summed E-state index contributed by atoms with van der Waals surface area (Å²) in [5.74, 6) is 0. The molecule has 0 spiro atoms. The molecule has 0 saturated carbocycles. The van der Waals surface area contributed by atoms with Crippen molar-refractivity contribution < 1.29 is 0 Å². The smallest absolute Gasteiger partial charge is 0.116 e. The average Bonchev–Trinajstić information content (AvgIpc) is 1.63. The number of fused-ring (bicyclic) bond motifs is 11. The van der Waals surface area contributed by atoms with E-state index >= 15 is 0 Å². The molecule has 0 N–H and O–H groups in total. The van der Waals surface area contributed by atoms with Crippen LogP contribution in [-0.2, 0) is 26.6 Å². The molecule has 0 unspecified atom stereocenters. The Morgan fingerprint density at radius 3 is 1.60 bits per heavy atom. The summed E-state index contributed by atoms with van der Waals surface area (Å²) in [5, 5.41) is 10.9. The predicted octanol–water partition coefficient (Wildman–Crippen LogP) is 22.8. The van der Waals surface area contributed by atoms with Crippen molar-refractivity contribution >= 4 is 79.0 Å². The van der Waals surface area contributed by atoms with Gasteiger partial charge in [-0.15, -0.1) is 0 Å². The Hall–Kier alpha value is -11.1. The molecule has 4 aromatic heterocycles. The maximum Gasteiger partial charge on any atom is 0.116 e. The summed E-state index contributed by atoms with van der Waals surface area (Å²) in [4.78, 5) is 7.97. The summed E-state index contributed by atoms with van der Waals surface area (Å²) in [5.41, 5.74) is 28.4. The number of nitrogens with zero attached hydrogens (tertiary/aromatic N) is 5. The Morgan fingerprint density at radius 2 is 1.04 bits per heavy atom. The third kappa shape index (κ3) is 18.7. The number of benzene rings is 7. The summed E-state index contributed by atoms with van der Waals surface area (Å²) in [6.45, 7) is 50.0. The van der Waals surface area contributed by atoms with Gasteiger partial charge in [0.2, 0.25) is 0 Å². The van der Waals surface area contributed by atoms with Gasteiger partial charge in [-0.2, -0.15) is 0 Å². The van der Waals surface area contributed by atoms with Gasteiger partial charge in [-0.1, -0.05) is 292 Å². The van der Waals surface area contributed by atoms with Crippen molar-refractivity contribution in [2.24, 2.45) is 7.05 Å². The Kier molecular flexibility index (Phi) is 31.0. The SMILES string of the molecule is C=C/C=C1/CC(C)=C(/C=C\C)C1=C.C=C/C=C1\C(=C)CC(/C=C\C)=C1C.C=C/C=c1\c(=C)c2ccccc2n1CC.CC.CC.CC.CCn1c2c(c3ccccc31)=C=C=CC=2.Cn1c2ccccc2c2ccccc21.c1ccc2c(c1)Cc1ccccc1-2.c1ccc2ncncc2c1. The highest BCUT2D eigenvalue weighted by molar-refractivity contribution is 6.07. The van der Waals surface area contributed by atoms with Crippen LogP contribution in [-0.4, -0.2) is 23.7 Å². The van der Waals surface area contributed by atoms with Gasteiger partial charge in [0.1, 0.15) is 6.33 Å². The fourth-order valence-corrected chi connectivity index (χ4v) is 12.6. The highest BCUT2D eigenvalue weighted by Gasteiger charge is 2.19. The molecule has 0 aliphatic heterocycles. The number of rotatable bonds is 7. The van der Waals surface area contributed by atoms with Crippen molar-refractivity contribution in [3.05, 3.63) is 359 Å². The number of hydrogen-bond acceptors (Lipinski definition) is 2. The number of hydrogen-bond donors (Lipinski definition) is 0. The summed E-state index contributed by atoms with van der Waals surface area (Å²) in [6.07, 6.45) is 30.5. The lowest BCUT2D eigenvalue weighted by Gasteiger charge is -2.00. The molecule has 15 rings (SSSR count). The van der Waals surface area contributed by atoms with Crippen LogP contribution in [0.25, 0.3) is 90.1 Å². The third-order valence-electron chi connectivity index (χ3n) is 17.1. The number of aryl methyl sites for hydroxylation is 3. The lowest BCUT2D eigenvalue weighted by Crippen LogP contribution is -2.28. The van der Waals surface area contributed by atoms with E-state index in [2.05, 4.69) is 285 Å². The maximum atomic E-state index is 4.14. The first-order valence-corrected chi connectivity index (χ1v) is 35.0. The van der Waals surface area contributed by atoms with Crippen molar-refractivity contribution in [1.82, 2.24) is 23.7 Å². The quantitative estimate of drug-likeness (QED) is 0.149. The lowest BCUT2D eigenvalue weighted by molar-refractivity contribution is 0.771. The summed E-state index contributed by atoms with van der Waals surface area (Å²) in [7, 11) is 2.12. The maximum absolute atomic E-state index is 4.14. The minimum atomic E-state index is 0.954. The highest BCUT2D eigenvalue weighted by atomic mass is 15.0. The van der Waals surface area contributed by atoms with Crippen LogP contribution in [0, 0.1) is 0 Å². The molecule has 5 nitrogen and oxygen atoms in total. The van der Waals surface area contributed by atoms with Gasteiger partial charge in [-0.05, 0) is 171 Å². The molecule has 4 aliphatic rings. The largest absolute Gasteiger partial charge is 0.344 e. The minimum absolute atomic E-state index is 0.954. The normalized spacial score (nSPS) is 13.6. The molecular weight excluding hydrogens is 1200 g/mol. The second-order valence-corrected chi connectivity index (χ2v) is 22.8. The number of aromatic nitrogens is 5. The van der Waals surface area contributed by atoms with E-state index in [0.717, 1.165) is 59.4 Å². The first kappa shape index (κ1) is 77.0. The van der Waals surface area contributed by atoms with Crippen molar-refractivity contribution in [2.45, 2.75) is 115 Å². The lowest BCUT2D eigenvalue weighted by atomic mass is 10.1. The second kappa shape index (κ2) is 39.8. The van der Waals surface area contributed by atoms with Gasteiger partial charge < -0.3 is 13.7 Å². The van der Waals surface area contributed by atoms with E-state index in [1.807, 2.05) is 128 Å². The van der Waals surface area contributed by atoms with Gasteiger partial charge in [0, 0.05) is 85.9 Å². The van der Waals surface area contributed by atoms with Gasteiger partial charge in [-0.25, -0.2) is 9.97 Å². The molecule has 0 atom stereocenters. The van der Waals surface area contributed by atoms with Crippen LogP contribution in [0.3, 0.4) is 0 Å². The molecule has 4 aliphatic carbocycles. The van der Waals surface area contributed by atoms with E-state index in [0.29, 0.717) is 0 Å². The van der Waals surface area contributed by atoms with E-state index in [1.54, 1.807) is 6.33 Å². The van der Waals surface area contributed by atoms with Crippen LogP contribution in [0.2, 0.25) is 0 Å². The first-order chi connectivity index (χ1) is 48.4. The molecule has 5 heteroatoms. The molecule has 11 aromatic rings. The zero-order chi connectivity index (χ0) is 71.8. The Bertz CT molecular complexity index is 5010. The van der Waals surface area contributed by atoms with Crippen LogP contribution < -0.4 is 21.1 Å². The topological polar surface area (TPSA) is 40.6 Å². The zero-order valence-electron chi connectivity index (χ0n) is 61.3. The van der Waals surface area contributed by atoms with Crippen molar-refractivity contribution in [1.29, 1.82) is 0 Å². The summed E-state index contributed by atoms with van der Waals surface area (Å²) < 4.78 is 6.82. The van der Waals surface area contributed by atoms with E-state index < -0.39 is 0 Å². The van der Waals surface area contributed by atoms with Crippen LogP contribution in [0.15, 0.2) is 326 Å². The molecule has 7 aromatic carbocycles. The van der Waals surface area contributed by atoms with E-state index in [-0.39, 0.29) is 0 Å². The molecule has 504 valence electrons. The van der Waals surface area contributed by atoms with Gasteiger partial charge in [0.15, 0.2) is 0 Å². The van der Waals surface area contributed by atoms with Gasteiger partial charge in [-0.3, -0.25) is 0 Å². The van der Waals surface area contributed by atoms with Crippen LogP contribution in [0.5, 0.6) is 0 Å². The first-order valence-electron chi connectivity index (χ1n) is 35.0. The van der Waals surface area contributed by atoms with E-state index in [4.69, 9.17) is 0 Å². The third-order valence-corrected chi connectivity index (χ3v) is 17.1.